The Morgan fingerprint density at radius 3 is 3.06 bits per heavy atom. The molecule has 1 amide bonds. The summed E-state index contributed by atoms with van der Waals surface area (Å²) in [6.07, 6.45) is 9.06. The number of rotatable bonds is 3. The molecule has 0 spiro atoms. The van der Waals surface area contributed by atoms with E-state index in [2.05, 4.69) is 28.0 Å². The Morgan fingerprint density at radius 2 is 2.28 bits per heavy atom. The summed E-state index contributed by atoms with van der Waals surface area (Å²) in [6.45, 7) is 6.35. The molecule has 18 heavy (non-hydrogen) atoms. The van der Waals surface area contributed by atoms with Crippen LogP contribution in [0.25, 0.3) is 0 Å². The lowest BCUT2D eigenvalue weighted by Crippen LogP contribution is -2.60. The number of piperazine rings is 1. The van der Waals surface area contributed by atoms with E-state index in [-0.39, 0.29) is 5.91 Å². The Balaban J connectivity index is 1.85. The highest BCUT2D eigenvalue weighted by Gasteiger charge is 2.33. The molecule has 2 saturated heterocycles. The summed E-state index contributed by atoms with van der Waals surface area (Å²) >= 11 is 0. The summed E-state index contributed by atoms with van der Waals surface area (Å²) in [7, 11) is 0. The van der Waals surface area contributed by atoms with Crippen LogP contribution in [0.4, 0.5) is 0 Å². The van der Waals surface area contributed by atoms with Gasteiger partial charge in [-0.05, 0) is 26.3 Å². The predicted octanol–water partition coefficient (Wildman–Crippen LogP) is 0.294. The molecule has 0 aliphatic carbocycles. The lowest BCUT2D eigenvalue weighted by molar-refractivity contribution is -0.123. The first kappa shape index (κ1) is 13.4. The maximum Gasteiger partial charge on any atom is 0.234 e. The van der Waals surface area contributed by atoms with Gasteiger partial charge in [0.25, 0.3) is 0 Å². The maximum absolute atomic E-state index is 11.7. The molecular weight excluding hydrogens is 226 g/mol. The van der Waals surface area contributed by atoms with Crippen molar-refractivity contribution in [1.82, 2.24) is 15.1 Å². The number of carbonyl (C=O) groups is 1. The molecule has 4 heteroatoms. The van der Waals surface area contributed by atoms with Gasteiger partial charge in [-0.25, -0.2) is 0 Å². The van der Waals surface area contributed by atoms with E-state index >= 15 is 0 Å². The summed E-state index contributed by atoms with van der Waals surface area (Å²) in [6, 6.07) is 1.10. The third-order valence-corrected chi connectivity index (χ3v) is 4.05. The number of nitrogens with one attached hydrogen (secondary N) is 1. The molecule has 2 atom stereocenters. The van der Waals surface area contributed by atoms with Crippen molar-refractivity contribution in [2.75, 3.05) is 32.7 Å². The van der Waals surface area contributed by atoms with Gasteiger partial charge in [0.15, 0.2) is 0 Å². The van der Waals surface area contributed by atoms with E-state index in [0.29, 0.717) is 25.2 Å². The molecule has 2 aliphatic heterocycles. The smallest absolute Gasteiger partial charge is 0.234 e. The van der Waals surface area contributed by atoms with Gasteiger partial charge in [-0.3, -0.25) is 14.6 Å². The molecule has 1 N–H and O–H groups in total. The molecule has 2 fully saturated rings. The number of piperidine rings is 1. The largest absolute Gasteiger partial charge is 0.344 e. The second-order valence-electron chi connectivity index (χ2n) is 5.40. The van der Waals surface area contributed by atoms with Gasteiger partial charge in [0, 0.05) is 25.2 Å². The average molecular weight is 249 g/mol. The summed E-state index contributed by atoms with van der Waals surface area (Å²) in [5.74, 6) is 2.48. The van der Waals surface area contributed by atoms with E-state index in [0.717, 1.165) is 13.1 Å². The molecule has 2 unspecified atom stereocenters. The van der Waals surface area contributed by atoms with Crippen molar-refractivity contribution in [1.29, 1.82) is 0 Å². The van der Waals surface area contributed by atoms with E-state index in [1.54, 1.807) is 0 Å². The Labute approximate surface area is 110 Å². The van der Waals surface area contributed by atoms with Gasteiger partial charge < -0.3 is 5.32 Å². The number of carbonyl (C=O) groups excluding carboxylic acids is 1. The van der Waals surface area contributed by atoms with Crippen molar-refractivity contribution < 1.29 is 4.79 Å². The van der Waals surface area contributed by atoms with Crippen LogP contribution >= 0.6 is 0 Å². The first-order valence-electron chi connectivity index (χ1n) is 6.89. The average Bonchev–Trinajstić information content (AvgIpc) is 2.37. The van der Waals surface area contributed by atoms with Crippen molar-refractivity contribution in [3.05, 3.63) is 0 Å². The van der Waals surface area contributed by atoms with Crippen LogP contribution in [0.2, 0.25) is 0 Å². The molecule has 0 aromatic carbocycles. The van der Waals surface area contributed by atoms with Gasteiger partial charge in [-0.15, -0.1) is 6.42 Å². The van der Waals surface area contributed by atoms with Crippen LogP contribution in [-0.2, 0) is 4.79 Å². The maximum atomic E-state index is 11.7. The molecule has 0 saturated carbocycles. The lowest BCUT2D eigenvalue weighted by atomic mass is 9.97. The zero-order chi connectivity index (χ0) is 13.0. The minimum atomic E-state index is 0.0454. The third-order valence-electron chi connectivity index (χ3n) is 4.05. The Morgan fingerprint density at radius 1 is 1.44 bits per heavy atom. The summed E-state index contributed by atoms with van der Waals surface area (Å²) in [5, 5.41) is 2.74. The first-order chi connectivity index (χ1) is 8.70. The molecule has 4 nitrogen and oxygen atoms in total. The number of hydrogen-bond donors (Lipinski definition) is 1. The van der Waals surface area contributed by atoms with E-state index < -0.39 is 0 Å². The van der Waals surface area contributed by atoms with Crippen LogP contribution in [-0.4, -0.2) is 60.5 Å². The Hall–Kier alpha value is -1.05. The SMILES string of the molecule is C#CCNC(=O)CN1CC2CCCCN2CC1C. The zero-order valence-electron chi connectivity index (χ0n) is 11.2. The van der Waals surface area contributed by atoms with Gasteiger partial charge in [0.2, 0.25) is 5.91 Å². The van der Waals surface area contributed by atoms with Crippen LogP contribution in [0.3, 0.4) is 0 Å². The first-order valence-corrected chi connectivity index (χ1v) is 6.89. The van der Waals surface area contributed by atoms with E-state index in [1.807, 2.05) is 0 Å². The fourth-order valence-corrected chi connectivity index (χ4v) is 3.02. The number of amides is 1. The topological polar surface area (TPSA) is 35.6 Å². The normalized spacial score (nSPS) is 29.3. The fraction of sp³-hybridized carbons (Fsp3) is 0.786. The van der Waals surface area contributed by atoms with Gasteiger partial charge in [-0.1, -0.05) is 12.3 Å². The Kier molecular flexibility index (Phi) is 4.62. The van der Waals surface area contributed by atoms with Gasteiger partial charge >= 0.3 is 0 Å². The highest BCUT2D eigenvalue weighted by molar-refractivity contribution is 5.78. The van der Waals surface area contributed by atoms with E-state index in [4.69, 9.17) is 6.42 Å². The van der Waals surface area contributed by atoms with Crippen LogP contribution in [0.1, 0.15) is 26.2 Å². The number of terminal acetylenes is 1. The molecule has 2 heterocycles. The molecule has 2 aliphatic rings. The highest BCUT2D eigenvalue weighted by Crippen LogP contribution is 2.23. The van der Waals surface area contributed by atoms with E-state index in [1.165, 1.54) is 25.8 Å². The number of fused-ring (bicyclic) bond motifs is 1. The van der Waals surface area contributed by atoms with Crippen molar-refractivity contribution in [2.24, 2.45) is 0 Å². The van der Waals surface area contributed by atoms with Crippen LogP contribution in [0, 0.1) is 12.3 Å². The van der Waals surface area contributed by atoms with Crippen LogP contribution < -0.4 is 5.32 Å². The van der Waals surface area contributed by atoms with Crippen molar-refractivity contribution in [2.45, 2.75) is 38.3 Å². The lowest BCUT2D eigenvalue weighted by Gasteiger charge is -2.47. The molecule has 0 bridgehead atoms. The highest BCUT2D eigenvalue weighted by atomic mass is 16.2. The Bertz CT molecular complexity index is 336. The molecule has 2 rings (SSSR count). The minimum Gasteiger partial charge on any atom is -0.344 e. The second kappa shape index (κ2) is 6.21. The van der Waals surface area contributed by atoms with Crippen molar-refractivity contribution in [3.63, 3.8) is 0 Å². The zero-order valence-corrected chi connectivity index (χ0v) is 11.2. The standard InChI is InChI=1S/C14H23N3O/c1-3-7-15-14(18)11-17-10-13-6-4-5-8-16(13)9-12(17)2/h1,12-13H,4-11H2,2H3,(H,15,18). The van der Waals surface area contributed by atoms with Crippen molar-refractivity contribution >= 4 is 5.91 Å². The fourth-order valence-electron chi connectivity index (χ4n) is 3.02. The van der Waals surface area contributed by atoms with Gasteiger partial charge in [0.05, 0.1) is 13.1 Å². The summed E-state index contributed by atoms with van der Waals surface area (Å²) in [4.78, 5) is 16.6. The quantitative estimate of drug-likeness (QED) is 0.731. The summed E-state index contributed by atoms with van der Waals surface area (Å²) < 4.78 is 0. The van der Waals surface area contributed by atoms with E-state index in [9.17, 15) is 4.79 Å². The van der Waals surface area contributed by atoms with Crippen LogP contribution in [0.5, 0.6) is 0 Å². The number of nitrogens with zero attached hydrogens (tertiary/aromatic N) is 2. The second-order valence-corrected chi connectivity index (χ2v) is 5.40. The van der Waals surface area contributed by atoms with Gasteiger partial charge in [-0.2, -0.15) is 0 Å². The molecular formula is C14H23N3O. The van der Waals surface area contributed by atoms with Gasteiger partial charge in [0.1, 0.15) is 0 Å². The number of hydrogen-bond acceptors (Lipinski definition) is 3. The molecule has 0 aromatic heterocycles. The monoisotopic (exact) mass is 249 g/mol. The third kappa shape index (κ3) is 3.24. The van der Waals surface area contributed by atoms with Crippen LogP contribution in [0.15, 0.2) is 0 Å². The predicted molar refractivity (Wildman–Crippen MR) is 72.1 cm³/mol. The molecule has 100 valence electrons. The summed E-state index contributed by atoms with van der Waals surface area (Å²) in [5.41, 5.74) is 0. The molecule has 0 radical (unpaired) electrons. The van der Waals surface area contributed by atoms with Crippen molar-refractivity contribution in [3.8, 4) is 12.3 Å². The minimum absolute atomic E-state index is 0.0454. The molecule has 0 aromatic rings.